The quantitative estimate of drug-likeness (QED) is 0.874. The van der Waals surface area contributed by atoms with Crippen LogP contribution < -0.4 is 10.6 Å². The van der Waals surface area contributed by atoms with Gasteiger partial charge < -0.3 is 15.1 Å². The summed E-state index contributed by atoms with van der Waals surface area (Å²) < 4.78 is 28.1. The van der Waals surface area contributed by atoms with Gasteiger partial charge in [-0.1, -0.05) is 0 Å². The molecule has 2 heterocycles. The number of hydrogen-bond donors (Lipinski definition) is 2. The first kappa shape index (κ1) is 13.9. The molecular formula is C13H15N3O4S. The SMILES string of the molecule is Cc1nc2ccc(NC(=O)N[C@@H]3CCS(=O)(=O)C3)cc2o1. The molecule has 7 nitrogen and oxygen atoms in total. The summed E-state index contributed by atoms with van der Waals surface area (Å²) in [5.74, 6) is 0.685. The smallest absolute Gasteiger partial charge is 0.319 e. The number of aromatic nitrogens is 1. The molecule has 0 aliphatic carbocycles. The van der Waals surface area contributed by atoms with E-state index in [-0.39, 0.29) is 17.5 Å². The fourth-order valence-corrected chi connectivity index (χ4v) is 4.05. The van der Waals surface area contributed by atoms with Crippen LogP contribution in [0, 0.1) is 6.92 Å². The fourth-order valence-electron chi connectivity index (χ4n) is 2.38. The Labute approximate surface area is 121 Å². The van der Waals surface area contributed by atoms with Gasteiger partial charge in [-0.25, -0.2) is 18.2 Å². The number of amides is 2. The molecule has 3 rings (SSSR count). The number of sulfone groups is 1. The van der Waals surface area contributed by atoms with E-state index in [1.807, 2.05) is 0 Å². The molecule has 21 heavy (non-hydrogen) atoms. The van der Waals surface area contributed by atoms with Crippen molar-refractivity contribution in [2.45, 2.75) is 19.4 Å². The summed E-state index contributed by atoms with van der Waals surface area (Å²) >= 11 is 0. The Morgan fingerprint density at radius 3 is 2.95 bits per heavy atom. The minimum absolute atomic E-state index is 0.000748. The van der Waals surface area contributed by atoms with Gasteiger partial charge >= 0.3 is 6.03 Å². The number of hydrogen-bond acceptors (Lipinski definition) is 5. The lowest BCUT2D eigenvalue weighted by Gasteiger charge is -2.11. The molecule has 0 unspecified atom stereocenters. The van der Waals surface area contributed by atoms with Crippen molar-refractivity contribution >= 4 is 32.7 Å². The Morgan fingerprint density at radius 1 is 1.43 bits per heavy atom. The highest BCUT2D eigenvalue weighted by atomic mass is 32.2. The minimum Gasteiger partial charge on any atom is -0.441 e. The molecular weight excluding hydrogens is 294 g/mol. The number of benzene rings is 1. The highest BCUT2D eigenvalue weighted by molar-refractivity contribution is 7.91. The fraction of sp³-hybridized carbons (Fsp3) is 0.385. The van der Waals surface area contributed by atoms with Gasteiger partial charge in [-0.3, -0.25) is 0 Å². The molecule has 112 valence electrons. The van der Waals surface area contributed by atoms with Crippen molar-refractivity contribution in [1.82, 2.24) is 10.3 Å². The van der Waals surface area contributed by atoms with E-state index < -0.39 is 15.9 Å². The van der Waals surface area contributed by atoms with Crippen LogP contribution in [-0.4, -0.2) is 37.0 Å². The molecule has 1 aromatic heterocycles. The van der Waals surface area contributed by atoms with Crippen LogP contribution in [0.25, 0.3) is 11.1 Å². The first-order valence-electron chi connectivity index (χ1n) is 6.56. The monoisotopic (exact) mass is 309 g/mol. The molecule has 1 saturated heterocycles. The van der Waals surface area contributed by atoms with Crippen molar-refractivity contribution in [1.29, 1.82) is 0 Å². The lowest BCUT2D eigenvalue weighted by atomic mass is 10.2. The standard InChI is InChI=1S/C13H15N3O4S/c1-8-14-11-3-2-9(6-12(11)20-8)15-13(17)16-10-4-5-21(18,19)7-10/h2-3,6,10H,4-5,7H2,1H3,(H2,15,16,17)/t10-/m1/s1. The zero-order valence-corrected chi connectivity index (χ0v) is 12.2. The normalized spacial score (nSPS) is 20.5. The maximum Gasteiger partial charge on any atom is 0.319 e. The number of rotatable bonds is 2. The maximum atomic E-state index is 11.9. The summed E-state index contributed by atoms with van der Waals surface area (Å²) in [4.78, 5) is 16.0. The van der Waals surface area contributed by atoms with Gasteiger partial charge in [0.1, 0.15) is 5.52 Å². The molecule has 1 aliphatic heterocycles. The van der Waals surface area contributed by atoms with E-state index in [1.54, 1.807) is 25.1 Å². The summed E-state index contributed by atoms with van der Waals surface area (Å²) in [5.41, 5.74) is 1.88. The van der Waals surface area contributed by atoms with E-state index in [4.69, 9.17) is 4.42 Å². The van der Waals surface area contributed by atoms with Gasteiger partial charge in [-0.15, -0.1) is 0 Å². The first-order chi connectivity index (χ1) is 9.91. The van der Waals surface area contributed by atoms with Gasteiger partial charge in [0.15, 0.2) is 21.3 Å². The summed E-state index contributed by atoms with van der Waals surface area (Å²) in [6.07, 6.45) is 0.454. The van der Waals surface area contributed by atoms with Crippen LogP contribution in [0.3, 0.4) is 0 Å². The number of carbonyl (C=O) groups excluding carboxylic acids is 1. The molecule has 1 aromatic carbocycles. The Kier molecular flexibility index (Phi) is 3.32. The molecule has 0 spiro atoms. The van der Waals surface area contributed by atoms with Gasteiger partial charge in [0.25, 0.3) is 0 Å². The van der Waals surface area contributed by atoms with Crippen LogP contribution in [-0.2, 0) is 9.84 Å². The van der Waals surface area contributed by atoms with E-state index >= 15 is 0 Å². The number of aryl methyl sites for hydroxylation is 1. The van der Waals surface area contributed by atoms with Gasteiger partial charge in [-0.05, 0) is 18.6 Å². The second kappa shape index (κ2) is 5.03. The highest BCUT2D eigenvalue weighted by Gasteiger charge is 2.28. The maximum absolute atomic E-state index is 11.9. The number of nitrogens with zero attached hydrogens (tertiary/aromatic N) is 1. The first-order valence-corrected chi connectivity index (χ1v) is 8.38. The van der Waals surface area contributed by atoms with Crippen LogP contribution in [0.2, 0.25) is 0 Å². The largest absolute Gasteiger partial charge is 0.441 e. The molecule has 1 atom stereocenters. The number of fused-ring (bicyclic) bond motifs is 1. The Hall–Kier alpha value is -2.09. The molecule has 1 aliphatic rings. The Morgan fingerprint density at radius 2 is 2.24 bits per heavy atom. The molecule has 2 aromatic rings. The minimum atomic E-state index is -3.01. The Balaban J connectivity index is 1.66. The van der Waals surface area contributed by atoms with Gasteiger partial charge in [-0.2, -0.15) is 0 Å². The number of oxazole rings is 1. The zero-order chi connectivity index (χ0) is 15.0. The summed E-state index contributed by atoms with van der Waals surface area (Å²) in [7, 11) is -3.01. The molecule has 0 saturated carbocycles. The van der Waals surface area contributed by atoms with Crippen molar-refractivity contribution in [3.8, 4) is 0 Å². The number of anilines is 1. The van der Waals surface area contributed by atoms with Gasteiger partial charge in [0.2, 0.25) is 0 Å². The van der Waals surface area contributed by atoms with Gasteiger partial charge in [0, 0.05) is 24.7 Å². The molecule has 2 amide bonds. The molecule has 0 radical (unpaired) electrons. The van der Waals surface area contributed by atoms with Crippen LogP contribution in [0.4, 0.5) is 10.5 Å². The topological polar surface area (TPSA) is 101 Å². The number of carbonyl (C=O) groups is 1. The molecule has 8 heteroatoms. The van der Waals surface area contributed by atoms with Crippen molar-refractivity contribution in [2.75, 3.05) is 16.8 Å². The molecule has 1 fully saturated rings. The lowest BCUT2D eigenvalue weighted by molar-refractivity contribution is 0.249. The van der Waals surface area contributed by atoms with E-state index in [1.165, 1.54) is 0 Å². The molecule has 2 N–H and O–H groups in total. The predicted octanol–water partition coefficient (Wildman–Crippen LogP) is 1.44. The van der Waals surface area contributed by atoms with Crippen molar-refractivity contribution in [2.24, 2.45) is 0 Å². The van der Waals surface area contributed by atoms with E-state index in [0.29, 0.717) is 23.6 Å². The average Bonchev–Trinajstić information content (AvgIpc) is 2.90. The average molecular weight is 309 g/mol. The second-order valence-electron chi connectivity index (χ2n) is 5.11. The van der Waals surface area contributed by atoms with Crippen molar-refractivity contribution in [3.05, 3.63) is 24.1 Å². The van der Waals surface area contributed by atoms with Crippen LogP contribution in [0.5, 0.6) is 0 Å². The highest BCUT2D eigenvalue weighted by Crippen LogP contribution is 2.20. The number of nitrogens with one attached hydrogen (secondary N) is 2. The van der Waals surface area contributed by atoms with Crippen LogP contribution in [0.15, 0.2) is 22.6 Å². The van der Waals surface area contributed by atoms with E-state index in [9.17, 15) is 13.2 Å². The second-order valence-corrected chi connectivity index (χ2v) is 7.34. The lowest BCUT2D eigenvalue weighted by Crippen LogP contribution is -2.38. The van der Waals surface area contributed by atoms with E-state index in [2.05, 4.69) is 15.6 Å². The van der Waals surface area contributed by atoms with Crippen LogP contribution >= 0.6 is 0 Å². The summed E-state index contributed by atoms with van der Waals surface area (Å²) in [5, 5.41) is 5.33. The van der Waals surface area contributed by atoms with Crippen molar-refractivity contribution in [3.63, 3.8) is 0 Å². The zero-order valence-electron chi connectivity index (χ0n) is 11.4. The summed E-state index contributed by atoms with van der Waals surface area (Å²) in [6, 6.07) is 4.40. The third-order valence-electron chi connectivity index (χ3n) is 3.32. The van der Waals surface area contributed by atoms with Crippen LogP contribution in [0.1, 0.15) is 12.3 Å². The van der Waals surface area contributed by atoms with Gasteiger partial charge in [0.05, 0.1) is 11.5 Å². The predicted molar refractivity (Wildman–Crippen MR) is 78.0 cm³/mol. The number of urea groups is 1. The molecule has 0 bridgehead atoms. The third-order valence-corrected chi connectivity index (χ3v) is 5.09. The Bertz CT molecular complexity index is 797. The summed E-state index contributed by atoms with van der Waals surface area (Å²) in [6.45, 7) is 1.75. The third kappa shape index (κ3) is 3.15. The van der Waals surface area contributed by atoms with Crippen molar-refractivity contribution < 1.29 is 17.6 Å². The van der Waals surface area contributed by atoms with E-state index in [0.717, 1.165) is 5.52 Å².